The van der Waals surface area contributed by atoms with Crippen LogP contribution in [0.15, 0.2) is 18.2 Å². The molecule has 1 unspecified atom stereocenters. The second-order valence-electron chi connectivity index (χ2n) is 3.38. The third-order valence-electron chi connectivity index (χ3n) is 2.23. The molecule has 14 heavy (non-hydrogen) atoms. The van der Waals surface area contributed by atoms with Gasteiger partial charge in [-0.2, -0.15) is 0 Å². The fourth-order valence-electron chi connectivity index (χ4n) is 1.44. The van der Waals surface area contributed by atoms with Crippen molar-refractivity contribution >= 4 is 6.08 Å². The molecule has 0 amide bonds. The molecule has 1 aromatic rings. The van der Waals surface area contributed by atoms with Crippen LogP contribution in [0.4, 0.5) is 0 Å². The second-order valence-corrected chi connectivity index (χ2v) is 3.38. The monoisotopic (exact) mass is 189 g/mol. The fourth-order valence-corrected chi connectivity index (χ4v) is 1.44. The Kier molecular flexibility index (Phi) is 2.55. The molecule has 0 N–H and O–H groups in total. The van der Waals surface area contributed by atoms with Gasteiger partial charge in [0.2, 0.25) is 6.29 Å². The zero-order valence-corrected chi connectivity index (χ0v) is 8.41. The molecule has 0 saturated heterocycles. The lowest BCUT2D eigenvalue weighted by molar-refractivity contribution is -0.0504. The topological polar surface area (TPSA) is 18.5 Å². The van der Waals surface area contributed by atoms with Gasteiger partial charge in [-0.25, -0.2) is 0 Å². The minimum absolute atomic E-state index is 0.214. The van der Waals surface area contributed by atoms with E-state index in [2.05, 4.69) is 12.1 Å². The van der Waals surface area contributed by atoms with Gasteiger partial charge in [0, 0.05) is 19.1 Å². The average molecular weight is 189 g/mol. The molecule has 0 saturated carbocycles. The standard InChI is InChI=1S/C12H13O2/c1-9-6-7-10-4-3-5-12(13-2)14-11(10)8-9/h4,6-8,12H,5H2,1-2H3. The van der Waals surface area contributed by atoms with E-state index >= 15 is 0 Å². The maximum absolute atomic E-state index is 5.67. The molecular weight excluding hydrogens is 176 g/mol. The van der Waals surface area contributed by atoms with Gasteiger partial charge in [-0.15, -0.1) is 0 Å². The Hall–Kier alpha value is -1.28. The largest absolute Gasteiger partial charge is 0.464 e. The average Bonchev–Trinajstić information content (AvgIpc) is 2.38. The molecule has 1 radical (unpaired) electrons. The summed E-state index contributed by atoms with van der Waals surface area (Å²) in [6, 6.07) is 6.12. The first kappa shape index (κ1) is 9.28. The van der Waals surface area contributed by atoms with Gasteiger partial charge in [-0.05, 0) is 30.7 Å². The van der Waals surface area contributed by atoms with Gasteiger partial charge in [0.1, 0.15) is 5.75 Å². The van der Waals surface area contributed by atoms with Crippen molar-refractivity contribution in [1.82, 2.24) is 0 Å². The summed E-state index contributed by atoms with van der Waals surface area (Å²) in [4.78, 5) is 0. The minimum atomic E-state index is -0.214. The number of hydrogen-bond donors (Lipinski definition) is 0. The molecule has 0 spiro atoms. The van der Waals surface area contributed by atoms with E-state index in [1.807, 2.05) is 25.1 Å². The minimum Gasteiger partial charge on any atom is -0.464 e. The fraction of sp³-hybridized carbons (Fsp3) is 0.333. The quantitative estimate of drug-likeness (QED) is 0.676. The van der Waals surface area contributed by atoms with Gasteiger partial charge in [-0.3, -0.25) is 0 Å². The molecule has 2 nitrogen and oxygen atoms in total. The predicted molar refractivity (Wildman–Crippen MR) is 54.9 cm³/mol. The number of benzene rings is 1. The van der Waals surface area contributed by atoms with Crippen molar-refractivity contribution < 1.29 is 9.47 Å². The zero-order valence-electron chi connectivity index (χ0n) is 8.41. The van der Waals surface area contributed by atoms with E-state index in [-0.39, 0.29) is 6.29 Å². The maximum Gasteiger partial charge on any atom is 0.203 e. The van der Waals surface area contributed by atoms with Crippen LogP contribution in [-0.4, -0.2) is 13.4 Å². The number of methoxy groups -OCH3 is 1. The summed E-state index contributed by atoms with van der Waals surface area (Å²) in [5.74, 6) is 0.877. The Morgan fingerprint density at radius 3 is 3.14 bits per heavy atom. The van der Waals surface area contributed by atoms with E-state index in [1.54, 1.807) is 7.11 Å². The zero-order chi connectivity index (χ0) is 9.97. The summed E-state index contributed by atoms with van der Waals surface area (Å²) in [7, 11) is 1.65. The highest BCUT2D eigenvalue weighted by atomic mass is 16.7. The van der Waals surface area contributed by atoms with Gasteiger partial charge >= 0.3 is 0 Å². The molecule has 0 aromatic heterocycles. The first-order valence-corrected chi connectivity index (χ1v) is 4.66. The van der Waals surface area contributed by atoms with E-state index in [9.17, 15) is 0 Å². The molecule has 1 atom stereocenters. The van der Waals surface area contributed by atoms with Crippen molar-refractivity contribution in [2.24, 2.45) is 0 Å². The first-order chi connectivity index (χ1) is 6.79. The van der Waals surface area contributed by atoms with E-state index in [0.717, 1.165) is 11.3 Å². The van der Waals surface area contributed by atoms with E-state index < -0.39 is 0 Å². The Labute approximate surface area is 84.2 Å². The van der Waals surface area contributed by atoms with Crippen molar-refractivity contribution in [3.05, 3.63) is 35.4 Å². The van der Waals surface area contributed by atoms with Crippen molar-refractivity contribution in [3.8, 4) is 5.75 Å². The van der Waals surface area contributed by atoms with Gasteiger partial charge in [0.25, 0.3) is 0 Å². The van der Waals surface area contributed by atoms with Crippen molar-refractivity contribution in [2.45, 2.75) is 19.6 Å². The van der Waals surface area contributed by atoms with Crippen molar-refractivity contribution in [2.75, 3.05) is 7.11 Å². The van der Waals surface area contributed by atoms with Crippen LogP contribution >= 0.6 is 0 Å². The van der Waals surface area contributed by atoms with Crippen LogP contribution in [0.1, 0.15) is 17.5 Å². The van der Waals surface area contributed by atoms with E-state index in [1.165, 1.54) is 5.56 Å². The Bertz CT molecular complexity index is 355. The highest BCUT2D eigenvalue weighted by Gasteiger charge is 2.13. The number of aryl methyl sites for hydroxylation is 1. The molecular formula is C12H13O2. The number of ether oxygens (including phenoxy) is 2. The normalized spacial score (nSPS) is 19.7. The van der Waals surface area contributed by atoms with Crippen molar-refractivity contribution in [1.29, 1.82) is 0 Å². The summed E-state index contributed by atoms with van der Waals surface area (Å²) in [6.45, 7) is 2.05. The summed E-state index contributed by atoms with van der Waals surface area (Å²) in [5.41, 5.74) is 2.25. The van der Waals surface area contributed by atoms with Crippen LogP contribution < -0.4 is 4.74 Å². The SMILES string of the molecule is COC1C[C]=Cc2ccc(C)cc2O1. The molecule has 1 heterocycles. The van der Waals surface area contributed by atoms with Gasteiger partial charge in [-0.1, -0.05) is 12.1 Å². The summed E-state index contributed by atoms with van der Waals surface area (Å²) in [6.07, 6.45) is 5.56. The third kappa shape index (κ3) is 1.80. The van der Waals surface area contributed by atoms with Crippen LogP contribution in [0.2, 0.25) is 0 Å². The predicted octanol–water partition coefficient (Wildman–Crippen LogP) is 2.57. The Morgan fingerprint density at radius 1 is 1.50 bits per heavy atom. The lowest BCUT2D eigenvalue weighted by Crippen LogP contribution is -2.17. The molecule has 0 bridgehead atoms. The van der Waals surface area contributed by atoms with Crippen LogP contribution in [0, 0.1) is 13.0 Å². The first-order valence-electron chi connectivity index (χ1n) is 4.66. The van der Waals surface area contributed by atoms with Gasteiger partial charge in [0.15, 0.2) is 0 Å². The summed E-state index contributed by atoms with van der Waals surface area (Å²) in [5, 5.41) is 0. The molecule has 2 rings (SSSR count). The molecule has 1 aromatic carbocycles. The Morgan fingerprint density at radius 2 is 2.36 bits per heavy atom. The highest BCUT2D eigenvalue weighted by Crippen LogP contribution is 2.26. The lowest BCUT2D eigenvalue weighted by atomic mass is 10.1. The maximum atomic E-state index is 5.67. The summed E-state index contributed by atoms with van der Waals surface area (Å²) >= 11 is 0. The van der Waals surface area contributed by atoms with Gasteiger partial charge in [0.05, 0.1) is 0 Å². The Balaban J connectivity index is 2.36. The van der Waals surface area contributed by atoms with Crippen LogP contribution in [0.25, 0.3) is 6.08 Å². The van der Waals surface area contributed by atoms with Crippen LogP contribution in [-0.2, 0) is 4.74 Å². The molecule has 1 aliphatic heterocycles. The van der Waals surface area contributed by atoms with E-state index in [0.29, 0.717) is 6.42 Å². The van der Waals surface area contributed by atoms with Crippen LogP contribution in [0.5, 0.6) is 5.75 Å². The number of fused-ring (bicyclic) bond motifs is 1. The molecule has 1 aliphatic rings. The van der Waals surface area contributed by atoms with Crippen LogP contribution in [0.3, 0.4) is 0 Å². The highest BCUT2D eigenvalue weighted by molar-refractivity contribution is 5.57. The van der Waals surface area contributed by atoms with E-state index in [4.69, 9.17) is 9.47 Å². The molecule has 73 valence electrons. The second kappa shape index (κ2) is 3.84. The third-order valence-corrected chi connectivity index (χ3v) is 2.23. The molecule has 0 aliphatic carbocycles. The molecule has 2 heteroatoms. The number of hydrogen-bond acceptors (Lipinski definition) is 2. The van der Waals surface area contributed by atoms with Crippen molar-refractivity contribution in [3.63, 3.8) is 0 Å². The lowest BCUT2D eigenvalue weighted by Gasteiger charge is -2.15. The molecule has 0 fully saturated rings. The smallest absolute Gasteiger partial charge is 0.203 e. The number of rotatable bonds is 1. The summed E-state index contributed by atoms with van der Waals surface area (Å²) < 4.78 is 10.8. The van der Waals surface area contributed by atoms with Gasteiger partial charge < -0.3 is 9.47 Å².